The number of rotatable bonds is 4. The number of imidazole rings is 1. The molecule has 29 heavy (non-hydrogen) atoms. The molecular formula is C20H17N6O3+. The van der Waals surface area contributed by atoms with E-state index in [1.165, 1.54) is 11.8 Å². The number of para-hydroxylation sites is 2. The summed E-state index contributed by atoms with van der Waals surface area (Å²) >= 11 is 0. The highest BCUT2D eigenvalue weighted by Gasteiger charge is 2.26. The van der Waals surface area contributed by atoms with Crippen LogP contribution in [0, 0.1) is 0 Å². The zero-order valence-corrected chi connectivity index (χ0v) is 15.4. The predicted molar refractivity (Wildman–Crippen MR) is 107 cm³/mol. The Bertz CT molecular complexity index is 1210. The van der Waals surface area contributed by atoms with Crippen LogP contribution in [0.4, 0.5) is 17.3 Å². The first kappa shape index (κ1) is 18.1. The van der Waals surface area contributed by atoms with Crippen molar-refractivity contribution in [1.82, 2.24) is 15.0 Å². The average molecular weight is 389 g/mol. The van der Waals surface area contributed by atoms with E-state index < -0.39 is 11.5 Å². The number of aromatic amines is 3. The fraction of sp³-hybridized carbons (Fsp3) is 0.0500. The number of hydrogen-bond acceptors (Lipinski definition) is 4. The molecule has 144 valence electrons. The maximum atomic E-state index is 13.3. The van der Waals surface area contributed by atoms with Crippen molar-refractivity contribution in [2.75, 3.05) is 10.2 Å². The van der Waals surface area contributed by atoms with Gasteiger partial charge in [-0.2, -0.15) is 0 Å². The summed E-state index contributed by atoms with van der Waals surface area (Å²) in [6, 6.07) is 18.3. The van der Waals surface area contributed by atoms with Gasteiger partial charge in [-0.25, -0.2) is 15.3 Å². The Morgan fingerprint density at radius 2 is 1.55 bits per heavy atom. The molecule has 2 aromatic heterocycles. The molecule has 4 aromatic rings. The lowest BCUT2D eigenvalue weighted by Gasteiger charge is -2.21. The quantitative estimate of drug-likeness (QED) is 0.494. The lowest BCUT2D eigenvalue weighted by Crippen LogP contribution is -2.27. The van der Waals surface area contributed by atoms with E-state index in [4.69, 9.17) is 0 Å². The van der Waals surface area contributed by atoms with Gasteiger partial charge < -0.3 is 4.98 Å². The highest BCUT2D eigenvalue weighted by atomic mass is 16.2. The van der Waals surface area contributed by atoms with Crippen molar-refractivity contribution in [3.63, 3.8) is 0 Å². The van der Waals surface area contributed by atoms with Gasteiger partial charge in [-0.15, -0.1) is 4.98 Å². The Morgan fingerprint density at radius 3 is 2.10 bits per heavy atom. The van der Waals surface area contributed by atoms with Crippen LogP contribution in [0.2, 0.25) is 0 Å². The van der Waals surface area contributed by atoms with Crippen molar-refractivity contribution >= 4 is 40.3 Å². The summed E-state index contributed by atoms with van der Waals surface area (Å²) in [5, 5.41) is 2.45. The number of benzene rings is 2. The molecule has 0 spiro atoms. The van der Waals surface area contributed by atoms with Crippen LogP contribution < -0.4 is 20.8 Å². The van der Waals surface area contributed by atoms with Gasteiger partial charge in [-0.1, -0.05) is 36.4 Å². The average Bonchev–Trinajstić information content (AvgIpc) is 3.14. The summed E-state index contributed by atoms with van der Waals surface area (Å²) in [4.78, 5) is 50.7. The van der Waals surface area contributed by atoms with E-state index >= 15 is 0 Å². The number of aromatic nitrogens is 4. The molecule has 0 aliphatic rings. The van der Waals surface area contributed by atoms with Crippen molar-refractivity contribution in [1.29, 1.82) is 0 Å². The second-order valence-corrected chi connectivity index (χ2v) is 6.26. The number of nitrogens with zero attached hydrogens (tertiary/aromatic N) is 2. The molecule has 2 heterocycles. The zero-order chi connectivity index (χ0) is 20.4. The molecule has 0 fully saturated rings. The molecule has 4 rings (SSSR count). The second kappa shape index (κ2) is 7.39. The van der Waals surface area contributed by atoms with Gasteiger partial charge in [0.15, 0.2) is 5.52 Å². The van der Waals surface area contributed by atoms with Gasteiger partial charge in [0.25, 0.3) is 17.4 Å². The van der Waals surface area contributed by atoms with Crippen molar-refractivity contribution in [2.24, 2.45) is 0 Å². The first-order chi connectivity index (χ1) is 14.0. The molecular weight excluding hydrogens is 372 g/mol. The third-order valence-corrected chi connectivity index (χ3v) is 4.15. The predicted octanol–water partition coefficient (Wildman–Crippen LogP) is 2.00. The van der Waals surface area contributed by atoms with Gasteiger partial charge in [0.2, 0.25) is 0 Å². The minimum atomic E-state index is -0.514. The highest BCUT2D eigenvalue weighted by Crippen LogP contribution is 2.26. The fourth-order valence-corrected chi connectivity index (χ4v) is 2.94. The third-order valence-electron chi connectivity index (χ3n) is 4.15. The summed E-state index contributed by atoms with van der Waals surface area (Å²) in [5.41, 5.74) is 1.05. The Hall–Kier alpha value is -4.27. The topological polar surface area (TPSA) is 125 Å². The lowest BCUT2D eigenvalue weighted by atomic mass is 10.2. The second-order valence-electron chi connectivity index (χ2n) is 6.26. The molecule has 2 amide bonds. The van der Waals surface area contributed by atoms with Gasteiger partial charge in [0.1, 0.15) is 0 Å². The highest BCUT2D eigenvalue weighted by molar-refractivity contribution is 6.09. The van der Waals surface area contributed by atoms with E-state index in [1.54, 1.807) is 24.3 Å². The minimum Gasteiger partial charge on any atom is -0.315 e. The standard InChI is InChI=1S/C20H16N6O3/c1-12(27)21-20-24-16-15(18(28)25-20)22-17(23-16)19(29)26(13-8-4-2-5-9-13)14-10-6-3-7-11-14/h2-11H,1H3,(H3,21,22,23,24,25,27,28)/p+1. The number of anilines is 3. The summed E-state index contributed by atoms with van der Waals surface area (Å²) in [6.07, 6.45) is 0. The Balaban J connectivity index is 1.80. The van der Waals surface area contributed by atoms with Crippen LogP contribution >= 0.6 is 0 Å². The molecule has 0 aliphatic heterocycles. The molecule has 2 aromatic carbocycles. The summed E-state index contributed by atoms with van der Waals surface area (Å²) in [7, 11) is 0. The van der Waals surface area contributed by atoms with Crippen LogP contribution in [0.3, 0.4) is 0 Å². The molecule has 0 saturated carbocycles. The molecule has 0 saturated heterocycles. The smallest absolute Gasteiger partial charge is 0.315 e. The van der Waals surface area contributed by atoms with Crippen molar-refractivity contribution in [3.05, 3.63) is 76.8 Å². The van der Waals surface area contributed by atoms with E-state index in [2.05, 4.69) is 25.3 Å². The largest absolute Gasteiger partial charge is 0.322 e. The van der Waals surface area contributed by atoms with Gasteiger partial charge in [-0.3, -0.25) is 19.3 Å². The van der Waals surface area contributed by atoms with Crippen molar-refractivity contribution in [2.45, 2.75) is 6.92 Å². The van der Waals surface area contributed by atoms with E-state index in [0.717, 1.165) is 0 Å². The summed E-state index contributed by atoms with van der Waals surface area (Å²) < 4.78 is 0. The van der Waals surface area contributed by atoms with Crippen LogP contribution in [-0.2, 0) is 4.79 Å². The van der Waals surface area contributed by atoms with E-state index in [0.29, 0.717) is 11.4 Å². The Morgan fingerprint density at radius 1 is 0.966 bits per heavy atom. The Kier molecular flexibility index (Phi) is 4.62. The SMILES string of the molecule is CC(=O)Nc1[nH]c(=O)c2[nH]c(C(=O)N(c3ccccc3)c3ccccc3)nc2[nH+]1. The van der Waals surface area contributed by atoms with E-state index in [-0.39, 0.29) is 28.8 Å². The van der Waals surface area contributed by atoms with E-state index in [9.17, 15) is 14.4 Å². The van der Waals surface area contributed by atoms with E-state index in [1.807, 2.05) is 36.4 Å². The number of carbonyl (C=O) groups is 2. The number of H-pyrrole nitrogens is 3. The first-order valence-corrected chi connectivity index (χ1v) is 8.80. The number of nitrogens with one attached hydrogen (secondary N) is 4. The normalized spacial score (nSPS) is 10.7. The molecule has 0 atom stereocenters. The van der Waals surface area contributed by atoms with Crippen molar-refractivity contribution in [3.8, 4) is 0 Å². The zero-order valence-electron chi connectivity index (χ0n) is 15.4. The van der Waals surface area contributed by atoms with Gasteiger partial charge in [-0.05, 0) is 24.3 Å². The molecule has 0 radical (unpaired) electrons. The fourth-order valence-electron chi connectivity index (χ4n) is 2.94. The number of amides is 2. The first-order valence-electron chi connectivity index (χ1n) is 8.80. The monoisotopic (exact) mass is 389 g/mol. The molecule has 0 aliphatic carbocycles. The van der Waals surface area contributed by atoms with Crippen LogP contribution in [0.1, 0.15) is 17.5 Å². The van der Waals surface area contributed by atoms with Gasteiger partial charge in [0.05, 0.1) is 0 Å². The molecule has 4 N–H and O–H groups in total. The molecule has 0 bridgehead atoms. The van der Waals surface area contributed by atoms with Gasteiger partial charge in [0, 0.05) is 18.3 Å². The number of fused-ring (bicyclic) bond motifs is 1. The third kappa shape index (κ3) is 3.61. The number of carbonyl (C=O) groups excluding carboxylic acids is 2. The minimum absolute atomic E-state index is 0.0190. The molecule has 9 nitrogen and oxygen atoms in total. The van der Waals surface area contributed by atoms with Crippen LogP contribution in [0.15, 0.2) is 65.5 Å². The summed E-state index contributed by atoms with van der Waals surface area (Å²) in [6.45, 7) is 1.31. The molecule has 9 heteroatoms. The van der Waals surface area contributed by atoms with Gasteiger partial charge >= 0.3 is 17.4 Å². The molecule has 0 unspecified atom stereocenters. The van der Waals surface area contributed by atoms with Crippen LogP contribution in [0.5, 0.6) is 0 Å². The lowest BCUT2D eigenvalue weighted by molar-refractivity contribution is -0.334. The van der Waals surface area contributed by atoms with Crippen molar-refractivity contribution < 1.29 is 14.6 Å². The Labute approximate surface area is 164 Å². The summed E-state index contributed by atoms with van der Waals surface area (Å²) in [5.74, 6) is -0.729. The van der Waals surface area contributed by atoms with Crippen LogP contribution in [-0.4, -0.2) is 26.8 Å². The maximum absolute atomic E-state index is 13.3. The van der Waals surface area contributed by atoms with Crippen LogP contribution in [0.25, 0.3) is 11.2 Å². The number of hydrogen-bond donors (Lipinski definition) is 3. The maximum Gasteiger partial charge on any atom is 0.322 e.